The molecule has 112 valence electrons. The zero-order valence-electron chi connectivity index (χ0n) is 12.9. The summed E-state index contributed by atoms with van der Waals surface area (Å²) in [5.74, 6) is 2.42. The van der Waals surface area contributed by atoms with Gasteiger partial charge in [-0.3, -0.25) is 0 Å². The second kappa shape index (κ2) is 6.31. The van der Waals surface area contributed by atoms with E-state index < -0.39 is 0 Å². The molecule has 5 heteroatoms. The number of hydrogen-bond acceptors (Lipinski definition) is 4. The van der Waals surface area contributed by atoms with Crippen molar-refractivity contribution in [1.29, 1.82) is 0 Å². The number of nitrogens with one attached hydrogen (secondary N) is 2. The topological polar surface area (TPSA) is 49.8 Å². The van der Waals surface area contributed by atoms with Crippen molar-refractivity contribution in [2.24, 2.45) is 0 Å². The summed E-state index contributed by atoms with van der Waals surface area (Å²) in [7, 11) is 1.86. The summed E-state index contributed by atoms with van der Waals surface area (Å²) in [4.78, 5) is 9.10. The van der Waals surface area contributed by atoms with Gasteiger partial charge in [0, 0.05) is 30.1 Å². The van der Waals surface area contributed by atoms with Crippen molar-refractivity contribution in [2.45, 2.75) is 32.7 Å². The predicted octanol–water partition coefficient (Wildman–Crippen LogP) is 4.08. The van der Waals surface area contributed by atoms with Crippen molar-refractivity contribution in [2.75, 3.05) is 17.7 Å². The minimum absolute atomic E-state index is 0.0979. The number of rotatable bonds is 4. The van der Waals surface area contributed by atoms with Gasteiger partial charge in [0.05, 0.1) is 0 Å². The lowest BCUT2D eigenvalue weighted by Gasteiger charge is -2.19. The summed E-state index contributed by atoms with van der Waals surface area (Å²) in [6.45, 7) is 6.97. The normalized spacial score (nSPS) is 11.3. The number of halogens is 1. The Morgan fingerprint density at radius 1 is 1.10 bits per heavy atom. The smallest absolute Gasteiger partial charge is 0.138 e. The Labute approximate surface area is 131 Å². The van der Waals surface area contributed by atoms with Gasteiger partial charge in [-0.1, -0.05) is 44.5 Å². The van der Waals surface area contributed by atoms with Gasteiger partial charge >= 0.3 is 0 Å². The molecule has 0 aliphatic heterocycles. The first kappa shape index (κ1) is 15.6. The van der Waals surface area contributed by atoms with Crippen LogP contribution in [0, 0.1) is 0 Å². The number of benzene rings is 1. The summed E-state index contributed by atoms with van der Waals surface area (Å²) in [5.41, 5.74) is 1.02. The average Bonchev–Trinajstić information content (AvgIpc) is 2.44. The van der Waals surface area contributed by atoms with Gasteiger partial charge in [0.15, 0.2) is 0 Å². The molecule has 2 aromatic rings. The van der Waals surface area contributed by atoms with Gasteiger partial charge in [0.25, 0.3) is 0 Å². The Hall–Kier alpha value is -1.81. The quantitative estimate of drug-likeness (QED) is 0.893. The van der Waals surface area contributed by atoms with Crippen molar-refractivity contribution in [1.82, 2.24) is 9.97 Å². The van der Waals surface area contributed by atoms with Crippen LogP contribution in [0.3, 0.4) is 0 Å². The van der Waals surface area contributed by atoms with Gasteiger partial charge in [0.2, 0.25) is 0 Å². The van der Waals surface area contributed by atoms with Crippen LogP contribution < -0.4 is 10.6 Å². The summed E-state index contributed by atoms with van der Waals surface area (Å²) >= 11 is 6.00. The summed E-state index contributed by atoms with van der Waals surface area (Å²) in [5, 5.41) is 7.14. The first-order chi connectivity index (χ1) is 9.88. The van der Waals surface area contributed by atoms with E-state index in [2.05, 4.69) is 41.4 Å². The molecule has 0 radical (unpaired) electrons. The Balaban J connectivity index is 2.19. The largest absolute Gasteiger partial charge is 0.373 e. The van der Waals surface area contributed by atoms with Crippen molar-refractivity contribution >= 4 is 23.2 Å². The van der Waals surface area contributed by atoms with E-state index in [-0.39, 0.29) is 5.41 Å². The van der Waals surface area contributed by atoms with Crippen LogP contribution in [-0.4, -0.2) is 17.0 Å². The van der Waals surface area contributed by atoms with Gasteiger partial charge in [-0.25, -0.2) is 9.97 Å². The molecule has 2 N–H and O–H groups in total. The lowest BCUT2D eigenvalue weighted by Crippen LogP contribution is -2.18. The van der Waals surface area contributed by atoms with Gasteiger partial charge < -0.3 is 10.6 Å². The van der Waals surface area contributed by atoms with E-state index in [0.717, 1.165) is 28.0 Å². The van der Waals surface area contributed by atoms with Crippen LogP contribution in [-0.2, 0) is 12.0 Å². The van der Waals surface area contributed by atoms with Crippen LogP contribution in [0.2, 0.25) is 5.02 Å². The highest BCUT2D eigenvalue weighted by Gasteiger charge is 2.18. The molecule has 1 heterocycles. The lowest BCUT2D eigenvalue weighted by atomic mass is 9.96. The third kappa shape index (κ3) is 4.33. The van der Waals surface area contributed by atoms with E-state index >= 15 is 0 Å². The van der Waals surface area contributed by atoms with Crippen LogP contribution >= 0.6 is 11.6 Å². The first-order valence-electron chi connectivity index (χ1n) is 6.94. The Morgan fingerprint density at radius 2 is 1.81 bits per heavy atom. The molecule has 0 bridgehead atoms. The monoisotopic (exact) mass is 304 g/mol. The van der Waals surface area contributed by atoms with Crippen molar-refractivity contribution in [3.05, 3.63) is 46.7 Å². The van der Waals surface area contributed by atoms with Gasteiger partial charge in [-0.15, -0.1) is 0 Å². The molecule has 0 saturated heterocycles. The Bertz CT molecular complexity index is 620. The molecule has 2 rings (SSSR count). The summed E-state index contributed by atoms with van der Waals surface area (Å²) in [6.07, 6.45) is 0. The zero-order chi connectivity index (χ0) is 15.5. The molecule has 0 saturated carbocycles. The van der Waals surface area contributed by atoms with Crippen LogP contribution in [0.4, 0.5) is 11.6 Å². The van der Waals surface area contributed by atoms with Crippen LogP contribution in [0.5, 0.6) is 0 Å². The zero-order valence-corrected chi connectivity index (χ0v) is 13.6. The molecule has 0 atom stereocenters. The van der Waals surface area contributed by atoms with Gasteiger partial charge in [-0.2, -0.15) is 0 Å². The van der Waals surface area contributed by atoms with Crippen molar-refractivity contribution in [3.63, 3.8) is 0 Å². The summed E-state index contributed by atoms with van der Waals surface area (Å²) in [6, 6.07) is 9.69. The average molecular weight is 305 g/mol. The number of nitrogens with zero attached hydrogens (tertiary/aromatic N) is 2. The molecular formula is C16H21ClN4. The van der Waals surface area contributed by atoms with Gasteiger partial charge in [-0.05, 0) is 17.7 Å². The SMILES string of the molecule is CNc1cc(NCc2cccc(Cl)c2)nc(C(C)(C)C)n1. The number of hydrogen-bond donors (Lipinski definition) is 2. The van der Waals surface area contributed by atoms with E-state index in [0.29, 0.717) is 6.54 Å². The van der Waals surface area contributed by atoms with E-state index in [9.17, 15) is 0 Å². The van der Waals surface area contributed by atoms with Crippen LogP contribution in [0.25, 0.3) is 0 Å². The molecular weight excluding hydrogens is 284 g/mol. The third-order valence-corrected chi connectivity index (χ3v) is 3.25. The van der Waals surface area contributed by atoms with Crippen molar-refractivity contribution in [3.8, 4) is 0 Å². The molecule has 0 fully saturated rings. The molecule has 0 amide bonds. The number of aromatic nitrogens is 2. The molecule has 1 aromatic carbocycles. The summed E-state index contributed by atoms with van der Waals surface area (Å²) < 4.78 is 0. The Morgan fingerprint density at radius 3 is 2.43 bits per heavy atom. The standard InChI is InChI=1S/C16H21ClN4/c1-16(2,3)15-20-13(18-4)9-14(21-15)19-10-11-6-5-7-12(17)8-11/h5-9H,10H2,1-4H3,(H2,18,19,20,21). The maximum Gasteiger partial charge on any atom is 0.138 e. The number of anilines is 2. The first-order valence-corrected chi connectivity index (χ1v) is 7.32. The molecule has 0 aliphatic rings. The van der Waals surface area contributed by atoms with Crippen LogP contribution in [0.1, 0.15) is 32.2 Å². The van der Waals surface area contributed by atoms with Crippen molar-refractivity contribution < 1.29 is 0 Å². The fourth-order valence-electron chi connectivity index (χ4n) is 1.84. The minimum Gasteiger partial charge on any atom is -0.373 e. The Kier molecular flexibility index (Phi) is 4.68. The van der Waals surface area contributed by atoms with E-state index in [4.69, 9.17) is 11.6 Å². The molecule has 4 nitrogen and oxygen atoms in total. The van der Waals surface area contributed by atoms with E-state index in [1.54, 1.807) is 0 Å². The van der Waals surface area contributed by atoms with Gasteiger partial charge in [0.1, 0.15) is 17.5 Å². The fourth-order valence-corrected chi connectivity index (χ4v) is 2.05. The molecule has 1 aromatic heterocycles. The second-order valence-electron chi connectivity index (χ2n) is 5.95. The predicted molar refractivity (Wildman–Crippen MR) is 89.1 cm³/mol. The van der Waals surface area contributed by atoms with Crippen LogP contribution in [0.15, 0.2) is 30.3 Å². The second-order valence-corrected chi connectivity index (χ2v) is 6.38. The molecule has 0 unspecified atom stereocenters. The highest BCUT2D eigenvalue weighted by molar-refractivity contribution is 6.30. The third-order valence-electron chi connectivity index (χ3n) is 3.02. The maximum absolute atomic E-state index is 6.00. The molecule has 0 spiro atoms. The lowest BCUT2D eigenvalue weighted by molar-refractivity contribution is 0.546. The minimum atomic E-state index is -0.0979. The van der Waals surface area contributed by atoms with E-state index in [1.807, 2.05) is 37.4 Å². The fraction of sp³-hybridized carbons (Fsp3) is 0.375. The highest BCUT2D eigenvalue weighted by atomic mass is 35.5. The highest BCUT2D eigenvalue weighted by Crippen LogP contribution is 2.22. The van der Waals surface area contributed by atoms with E-state index in [1.165, 1.54) is 0 Å². The maximum atomic E-state index is 6.00. The molecule has 21 heavy (non-hydrogen) atoms. The molecule has 0 aliphatic carbocycles.